The van der Waals surface area contributed by atoms with Crippen molar-refractivity contribution in [3.05, 3.63) is 23.8 Å². The molecular weight excluding hydrogens is 250 g/mol. The first-order valence-electron chi connectivity index (χ1n) is 7.71. The largest absolute Gasteiger partial charge is 0.497 e. The Balaban J connectivity index is 2.56. The van der Waals surface area contributed by atoms with E-state index in [9.17, 15) is 0 Å². The van der Waals surface area contributed by atoms with Crippen molar-refractivity contribution >= 4 is 0 Å². The van der Waals surface area contributed by atoms with E-state index in [4.69, 9.17) is 9.47 Å². The molecule has 0 amide bonds. The normalized spacial score (nSPS) is 12.2. The molecule has 1 atom stereocenters. The fraction of sp³-hybridized carbons (Fsp3) is 0.647. The predicted molar refractivity (Wildman–Crippen MR) is 84.7 cm³/mol. The van der Waals surface area contributed by atoms with Crippen LogP contribution in [-0.2, 0) is 0 Å². The lowest BCUT2D eigenvalue weighted by Gasteiger charge is -2.17. The van der Waals surface area contributed by atoms with Crippen LogP contribution in [0.15, 0.2) is 18.2 Å². The standard InChI is InChI=1S/C17H29NO2/c1-5-6-7-8-9-12-20-17-13-15(19-4)10-11-16(17)14(2)18-3/h10-11,13-14,18H,5-9,12H2,1-4H3. The number of ether oxygens (including phenoxy) is 2. The van der Waals surface area contributed by atoms with Gasteiger partial charge in [-0.2, -0.15) is 0 Å². The van der Waals surface area contributed by atoms with Crippen molar-refractivity contribution in [3.63, 3.8) is 0 Å². The van der Waals surface area contributed by atoms with Crippen LogP contribution >= 0.6 is 0 Å². The highest BCUT2D eigenvalue weighted by molar-refractivity contribution is 5.42. The van der Waals surface area contributed by atoms with Crippen LogP contribution < -0.4 is 14.8 Å². The molecule has 1 N–H and O–H groups in total. The topological polar surface area (TPSA) is 30.5 Å². The quantitative estimate of drug-likeness (QED) is 0.647. The summed E-state index contributed by atoms with van der Waals surface area (Å²) in [4.78, 5) is 0. The number of rotatable bonds is 10. The molecule has 0 fully saturated rings. The lowest BCUT2D eigenvalue weighted by atomic mass is 10.1. The van der Waals surface area contributed by atoms with Crippen molar-refractivity contribution < 1.29 is 9.47 Å². The van der Waals surface area contributed by atoms with Crippen molar-refractivity contribution in [2.75, 3.05) is 20.8 Å². The van der Waals surface area contributed by atoms with Crippen LogP contribution in [-0.4, -0.2) is 20.8 Å². The van der Waals surface area contributed by atoms with Crippen molar-refractivity contribution in [2.24, 2.45) is 0 Å². The number of unbranched alkanes of at least 4 members (excludes halogenated alkanes) is 4. The Morgan fingerprint density at radius 3 is 2.55 bits per heavy atom. The van der Waals surface area contributed by atoms with Gasteiger partial charge in [-0.15, -0.1) is 0 Å². The fourth-order valence-electron chi connectivity index (χ4n) is 2.17. The number of hydrogen-bond donors (Lipinski definition) is 1. The molecule has 0 aliphatic rings. The van der Waals surface area contributed by atoms with Crippen LogP contribution in [0.3, 0.4) is 0 Å². The van der Waals surface area contributed by atoms with Gasteiger partial charge in [-0.3, -0.25) is 0 Å². The molecule has 0 radical (unpaired) electrons. The fourth-order valence-corrected chi connectivity index (χ4v) is 2.17. The van der Waals surface area contributed by atoms with Crippen molar-refractivity contribution in [2.45, 2.75) is 52.0 Å². The first kappa shape index (κ1) is 16.8. The second-order valence-electron chi connectivity index (χ2n) is 5.18. The van der Waals surface area contributed by atoms with Gasteiger partial charge in [-0.1, -0.05) is 38.7 Å². The smallest absolute Gasteiger partial charge is 0.127 e. The van der Waals surface area contributed by atoms with E-state index in [1.807, 2.05) is 19.2 Å². The van der Waals surface area contributed by atoms with Crippen molar-refractivity contribution in [3.8, 4) is 11.5 Å². The summed E-state index contributed by atoms with van der Waals surface area (Å²) in [7, 11) is 3.65. The third-order valence-corrected chi connectivity index (χ3v) is 3.63. The van der Waals surface area contributed by atoms with Gasteiger partial charge < -0.3 is 14.8 Å². The Hall–Kier alpha value is -1.22. The van der Waals surface area contributed by atoms with Crippen LogP contribution in [0.1, 0.15) is 57.6 Å². The van der Waals surface area contributed by atoms with Gasteiger partial charge in [0, 0.05) is 17.7 Å². The molecule has 1 rings (SSSR count). The number of nitrogens with one attached hydrogen (secondary N) is 1. The van der Waals surface area contributed by atoms with Gasteiger partial charge in [0.2, 0.25) is 0 Å². The zero-order valence-electron chi connectivity index (χ0n) is 13.4. The van der Waals surface area contributed by atoms with Gasteiger partial charge in [-0.05, 0) is 26.5 Å². The van der Waals surface area contributed by atoms with Gasteiger partial charge in [-0.25, -0.2) is 0 Å². The summed E-state index contributed by atoms with van der Waals surface area (Å²) in [6, 6.07) is 6.31. The zero-order chi connectivity index (χ0) is 14.8. The van der Waals surface area contributed by atoms with E-state index >= 15 is 0 Å². The molecule has 0 saturated carbocycles. The average Bonchev–Trinajstić information content (AvgIpc) is 2.49. The molecule has 0 aliphatic carbocycles. The van der Waals surface area contributed by atoms with Crippen LogP contribution in [0.5, 0.6) is 11.5 Å². The second kappa shape index (κ2) is 9.65. The van der Waals surface area contributed by atoms with E-state index in [0.717, 1.165) is 24.5 Å². The summed E-state index contributed by atoms with van der Waals surface area (Å²) in [5.74, 6) is 1.78. The molecule has 0 aromatic heterocycles. The predicted octanol–water partition coefficient (Wildman–Crippen LogP) is 4.32. The maximum atomic E-state index is 5.96. The second-order valence-corrected chi connectivity index (χ2v) is 5.18. The number of benzene rings is 1. The zero-order valence-corrected chi connectivity index (χ0v) is 13.4. The summed E-state index contributed by atoms with van der Waals surface area (Å²) in [5.41, 5.74) is 1.18. The molecule has 114 valence electrons. The Morgan fingerprint density at radius 1 is 1.15 bits per heavy atom. The lowest BCUT2D eigenvalue weighted by Crippen LogP contribution is -2.14. The monoisotopic (exact) mass is 279 g/mol. The highest BCUT2D eigenvalue weighted by Gasteiger charge is 2.11. The van der Waals surface area contributed by atoms with E-state index in [1.165, 1.54) is 31.2 Å². The van der Waals surface area contributed by atoms with Crippen molar-refractivity contribution in [1.29, 1.82) is 0 Å². The first-order chi connectivity index (χ1) is 9.72. The van der Waals surface area contributed by atoms with Gasteiger partial charge in [0.25, 0.3) is 0 Å². The molecule has 1 aromatic carbocycles. The molecule has 1 unspecified atom stereocenters. The summed E-state index contributed by atoms with van der Waals surface area (Å²) < 4.78 is 11.2. The lowest BCUT2D eigenvalue weighted by molar-refractivity contribution is 0.297. The molecule has 0 saturated heterocycles. The third-order valence-electron chi connectivity index (χ3n) is 3.63. The minimum absolute atomic E-state index is 0.274. The van der Waals surface area contributed by atoms with Crippen LogP contribution in [0.2, 0.25) is 0 Å². The van der Waals surface area contributed by atoms with Crippen LogP contribution in [0, 0.1) is 0 Å². The van der Waals surface area contributed by atoms with E-state index < -0.39 is 0 Å². The Bertz CT molecular complexity index is 379. The third kappa shape index (κ3) is 5.41. The minimum atomic E-state index is 0.274. The van der Waals surface area contributed by atoms with E-state index in [-0.39, 0.29) is 6.04 Å². The van der Waals surface area contributed by atoms with Crippen LogP contribution in [0.25, 0.3) is 0 Å². The summed E-state index contributed by atoms with van der Waals surface area (Å²) >= 11 is 0. The Kier molecular flexibility index (Phi) is 8.12. The summed E-state index contributed by atoms with van der Waals surface area (Å²) in [5, 5.41) is 3.26. The van der Waals surface area contributed by atoms with E-state index in [2.05, 4.69) is 25.2 Å². The molecule has 3 heteroatoms. The highest BCUT2D eigenvalue weighted by Crippen LogP contribution is 2.29. The van der Waals surface area contributed by atoms with E-state index in [0.29, 0.717) is 0 Å². The Morgan fingerprint density at radius 2 is 1.90 bits per heavy atom. The Labute approximate surface area is 123 Å². The molecule has 0 heterocycles. The van der Waals surface area contributed by atoms with Gasteiger partial charge in [0.1, 0.15) is 11.5 Å². The van der Waals surface area contributed by atoms with Gasteiger partial charge in [0.15, 0.2) is 0 Å². The molecule has 0 spiro atoms. The first-order valence-corrected chi connectivity index (χ1v) is 7.71. The maximum absolute atomic E-state index is 5.96. The molecule has 3 nitrogen and oxygen atoms in total. The van der Waals surface area contributed by atoms with Gasteiger partial charge >= 0.3 is 0 Å². The minimum Gasteiger partial charge on any atom is -0.497 e. The molecule has 20 heavy (non-hydrogen) atoms. The number of methoxy groups -OCH3 is 1. The SMILES string of the molecule is CCCCCCCOc1cc(OC)ccc1C(C)NC. The molecular formula is C17H29NO2. The molecule has 1 aromatic rings. The van der Waals surface area contributed by atoms with Gasteiger partial charge in [0.05, 0.1) is 13.7 Å². The number of hydrogen-bond acceptors (Lipinski definition) is 3. The van der Waals surface area contributed by atoms with Crippen molar-refractivity contribution in [1.82, 2.24) is 5.32 Å². The molecule has 0 bridgehead atoms. The maximum Gasteiger partial charge on any atom is 0.127 e. The average molecular weight is 279 g/mol. The molecule has 0 aliphatic heterocycles. The summed E-state index contributed by atoms with van der Waals surface area (Å²) in [6.45, 7) is 5.15. The highest BCUT2D eigenvalue weighted by atomic mass is 16.5. The van der Waals surface area contributed by atoms with Crippen LogP contribution in [0.4, 0.5) is 0 Å². The van der Waals surface area contributed by atoms with E-state index in [1.54, 1.807) is 7.11 Å². The summed E-state index contributed by atoms with van der Waals surface area (Å²) in [6.07, 6.45) is 6.26.